The van der Waals surface area contributed by atoms with Crippen molar-refractivity contribution in [2.45, 2.75) is 18.9 Å². The maximum Gasteiger partial charge on any atom is 0.253 e. The lowest BCUT2D eigenvalue weighted by atomic mass is 10.0. The molecule has 1 fully saturated rings. The second kappa shape index (κ2) is 6.89. The summed E-state index contributed by atoms with van der Waals surface area (Å²) >= 11 is 9.58. The van der Waals surface area contributed by atoms with E-state index in [2.05, 4.69) is 21.2 Å². The molecule has 0 radical (unpaired) electrons. The summed E-state index contributed by atoms with van der Waals surface area (Å²) in [6.07, 6.45) is 2.21. The third-order valence-corrected chi connectivity index (χ3v) is 5.30. The van der Waals surface area contributed by atoms with E-state index in [-0.39, 0.29) is 11.9 Å². The van der Waals surface area contributed by atoms with Crippen molar-refractivity contribution < 1.29 is 14.3 Å². The van der Waals surface area contributed by atoms with E-state index in [9.17, 15) is 4.79 Å². The molecule has 4 rings (SSSR count). The average molecular weight is 423 g/mol. The fraction of sp³-hybridized carbons (Fsp3) is 0.316. The van der Waals surface area contributed by atoms with Gasteiger partial charge in [0, 0.05) is 4.47 Å². The van der Waals surface area contributed by atoms with Gasteiger partial charge in [0.25, 0.3) is 5.91 Å². The first-order chi connectivity index (χ1) is 12.1. The molecule has 2 aliphatic rings. The minimum absolute atomic E-state index is 0.0571. The van der Waals surface area contributed by atoms with E-state index in [1.165, 1.54) is 0 Å². The van der Waals surface area contributed by atoms with Crippen LogP contribution in [0.1, 0.15) is 34.8 Å². The number of amides is 1. The number of rotatable bonds is 4. The van der Waals surface area contributed by atoms with Gasteiger partial charge in [-0.1, -0.05) is 33.6 Å². The summed E-state index contributed by atoms with van der Waals surface area (Å²) < 4.78 is 12.1. The Morgan fingerprint density at radius 2 is 1.88 bits per heavy atom. The molecule has 6 heteroatoms. The van der Waals surface area contributed by atoms with Crippen molar-refractivity contribution >= 4 is 33.4 Å². The Hall–Kier alpha value is -1.72. The molecule has 0 bridgehead atoms. The Kier molecular flexibility index (Phi) is 4.61. The highest BCUT2D eigenvalue weighted by molar-refractivity contribution is 9.10. The van der Waals surface area contributed by atoms with Gasteiger partial charge in [0.15, 0.2) is 11.5 Å². The maximum atomic E-state index is 12.8. The molecule has 1 atom stereocenters. The number of ether oxygens (including phenoxy) is 2. The van der Waals surface area contributed by atoms with Crippen molar-refractivity contribution in [1.82, 2.24) is 5.32 Å². The van der Waals surface area contributed by atoms with Crippen molar-refractivity contribution in [2.24, 2.45) is 5.92 Å². The van der Waals surface area contributed by atoms with Gasteiger partial charge >= 0.3 is 0 Å². The fourth-order valence-corrected chi connectivity index (χ4v) is 3.61. The minimum atomic E-state index is -0.168. The molecule has 1 saturated carbocycles. The predicted octanol–water partition coefficient (Wildman–Crippen LogP) is 4.75. The van der Waals surface area contributed by atoms with Crippen LogP contribution in [0.15, 0.2) is 40.9 Å². The van der Waals surface area contributed by atoms with Gasteiger partial charge in [-0.05, 0) is 54.7 Å². The monoisotopic (exact) mass is 421 g/mol. The zero-order valence-corrected chi connectivity index (χ0v) is 15.8. The zero-order valence-electron chi connectivity index (χ0n) is 13.4. The van der Waals surface area contributed by atoms with Gasteiger partial charge < -0.3 is 14.8 Å². The SMILES string of the molecule is O=C(NC(c1ccc2c(c1)OCCO2)C1CC1)c1cc(Br)ccc1Cl. The molecule has 2 aromatic rings. The highest BCUT2D eigenvalue weighted by Gasteiger charge is 2.34. The number of hydrogen-bond acceptors (Lipinski definition) is 3. The smallest absolute Gasteiger partial charge is 0.253 e. The van der Waals surface area contributed by atoms with E-state index >= 15 is 0 Å². The van der Waals surface area contributed by atoms with E-state index in [1.807, 2.05) is 24.3 Å². The Bertz CT molecular complexity index is 822. The van der Waals surface area contributed by atoms with Gasteiger partial charge in [-0.15, -0.1) is 0 Å². The number of halogens is 2. The van der Waals surface area contributed by atoms with E-state index in [1.54, 1.807) is 12.1 Å². The van der Waals surface area contributed by atoms with Crippen LogP contribution in [0.4, 0.5) is 0 Å². The number of hydrogen-bond donors (Lipinski definition) is 1. The second-order valence-electron chi connectivity index (χ2n) is 6.32. The molecule has 2 aromatic carbocycles. The quantitative estimate of drug-likeness (QED) is 0.773. The van der Waals surface area contributed by atoms with Gasteiger partial charge in [0.1, 0.15) is 13.2 Å². The molecular weight excluding hydrogens is 406 g/mol. The van der Waals surface area contributed by atoms with Crippen LogP contribution >= 0.6 is 27.5 Å². The number of carbonyl (C=O) groups excluding carboxylic acids is 1. The van der Waals surface area contributed by atoms with Crippen LogP contribution in [0.2, 0.25) is 5.02 Å². The van der Waals surface area contributed by atoms with Crippen LogP contribution in [-0.4, -0.2) is 19.1 Å². The molecule has 130 valence electrons. The normalized spacial score (nSPS) is 17.0. The number of benzene rings is 2. The Labute approximate surface area is 159 Å². The lowest BCUT2D eigenvalue weighted by molar-refractivity contribution is 0.0931. The summed E-state index contributed by atoms with van der Waals surface area (Å²) in [5, 5.41) is 3.59. The van der Waals surface area contributed by atoms with Gasteiger partial charge in [-0.25, -0.2) is 0 Å². The molecule has 1 aliphatic carbocycles. The molecule has 0 spiro atoms. The molecule has 0 aromatic heterocycles. The van der Waals surface area contributed by atoms with E-state index in [0.717, 1.165) is 34.4 Å². The molecule has 1 unspecified atom stereocenters. The van der Waals surface area contributed by atoms with Crippen molar-refractivity contribution in [3.05, 3.63) is 57.0 Å². The number of fused-ring (bicyclic) bond motifs is 1. The van der Waals surface area contributed by atoms with Gasteiger partial charge in [0.2, 0.25) is 0 Å². The van der Waals surface area contributed by atoms with Gasteiger partial charge in [-0.3, -0.25) is 4.79 Å². The predicted molar refractivity (Wildman–Crippen MR) is 99.5 cm³/mol. The fourth-order valence-electron chi connectivity index (χ4n) is 3.05. The third kappa shape index (κ3) is 3.62. The first-order valence-corrected chi connectivity index (χ1v) is 9.44. The van der Waals surface area contributed by atoms with Crippen LogP contribution < -0.4 is 14.8 Å². The topological polar surface area (TPSA) is 47.6 Å². The average Bonchev–Trinajstić information content (AvgIpc) is 3.46. The Morgan fingerprint density at radius 1 is 1.12 bits per heavy atom. The zero-order chi connectivity index (χ0) is 17.4. The molecular formula is C19H17BrClNO3. The molecule has 4 nitrogen and oxygen atoms in total. The Morgan fingerprint density at radius 3 is 2.64 bits per heavy atom. The number of carbonyl (C=O) groups is 1. The Balaban J connectivity index is 1.60. The van der Waals surface area contributed by atoms with E-state index in [0.29, 0.717) is 29.7 Å². The summed E-state index contributed by atoms with van der Waals surface area (Å²) in [5.41, 5.74) is 1.51. The largest absolute Gasteiger partial charge is 0.486 e. The lowest BCUT2D eigenvalue weighted by Gasteiger charge is -2.23. The third-order valence-electron chi connectivity index (χ3n) is 4.48. The first kappa shape index (κ1) is 16.7. The molecule has 1 heterocycles. The van der Waals surface area contributed by atoms with Crippen LogP contribution in [0.25, 0.3) is 0 Å². The molecule has 0 saturated heterocycles. The van der Waals surface area contributed by atoms with Gasteiger partial charge in [0.05, 0.1) is 16.6 Å². The molecule has 25 heavy (non-hydrogen) atoms. The van der Waals surface area contributed by atoms with E-state index < -0.39 is 0 Å². The first-order valence-electron chi connectivity index (χ1n) is 8.27. The van der Waals surface area contributed by atoms with Crippen molar-refractivity contribution in [2.75, 3.05) is 13.2 Å². The second-order valence-corrected chi connectivity index (χ2v) is 7.64. The lowest BCUT2D eigenvalue weighted by Crippen LogP contribution is -2.30. The molecule has 1 amide bonds. The summed E-state index contributed by atoms with van der Waals surface area (Å²) in [6, 6.07) is 11.1. The standard InChI is InChI=1S/C19H17BrClNO3/c20-13-4-5-15(21)14(10-13)19(23)22-18(11-1-2-11)12-3-6-16-17(9-12)25-8-7-24-16/h3-6,9-11,18H,1-2,7-8H2,(H,22,23). The molecule has 1 N–H and O–H groups in total. The van der Waals surface area contributed by atoms with Gasteiger partial charge in [-0.2, -0.15) is 0 Å². The highest BCUT2D eigenvalue weighted by Crippen LogP contribution is 2.43. The summed E-state index contributed by atoms with van der Waals surface area (Å²) in [5.74, 6) is 1.77. The highest BCUT2D eigenvalue weighted by atomic mass is 79.9. The summed E-state index contributed by atoms with van der Waals surface area (Å²) in [4.78, 5) is 12.8. The van der Waals surface area contributed by atoms with Crippen LogP contribution in [0, 0.1) is 5.92 Å². The summed E-state index contributed by atoms with van der Waals surface area (Å²) in [6.45, 7) is 1.11. The van der Waals surface area contributed by atoms with Crippen LogP contribution in [0.5, 0.6) is 11.5 Å². The minimum Gasteiger partial charge on any atom is -0.486 e. The van der Waals surface area contributed by atoms with Crippen molar-refractivity contribution in [1.29, 1.82) is 0 Å². The maximum absolute atomic E-state index is 12.8. The van der Waals surface area contributed by atoms with Crippen LogP contribution in [0.3, 0.4) is 0 Å². The van der Waals surface area contributed by atoms with Crippen LogP contribution in [-0.2, 0) is 0 Å². The number of nitrogens with one attached hydrogen (secondary N) is 1. The van der Waals surface area contributed by atoms with Crippen molar-refractivity contribution in [3.63, 3.8) is 0 Å². The molecule has 1 aliphatic heterocycles. The van der Waals surface area contributed by atoms with E-state index in [4.69, 9.17) is 21.1 Å². The van der Waals surface area contributed by atoms with Crippen molar-refractivity contribution in [3.8, 4) is 11.5 Å². The summed E-state index contributed by atoms with van der Waals surface area (Å²) in [7, 11) is 0.